The topological polar surface area (TPSA) is 49.3 Å². The monoisotopic (exact) mass is 307 g/mol. The lowest BCUT2D eigenvalue weighted by atomic mass is 9.95. The molecule has 2 aromatic heterocycles. The maximum atomic E-state index is 12.0. The van der Waals surface area contributed by atoms with Crippen molar-refractivity contribution in [3.05, 3.63) is 44.8 Å². The first-order valence-corrected chi connectivity index (χ1v) is 8.55. The quantitative estimate of drug-likeness (QED) is 0.862. The third kappa shape index (κ3) is 2.95. The van der Waals surface area contributed by atoms with Gasteiger partial charge in [0.1, 0.15) is 5.60 Å². The molecule has 0 bridgehead atoms. The molecule has 0 aliphatic heterocycles. The Kier molecular flexibility index (Phi) is 3.92. The van der Waals surface area contributed by atoms with Crippen LogP contribution in [0.5, 0.6) is 0 Å². The molecule has 5 heteroatoms. The largest absolute Gasteiger partial charge is 0.382 e. The Hall–Kier alpha value is -1.17. The maximum absolute atomic E-state index is 12.0. The SMILES string of the molecule is O=C(Cc1ccsc1)NCC(O)(c1cccs1)C1CC1. The molecule has 1 aliphatic rings. The second-order valence-electron chi connectivity index (χ2n) is 5.26. The van der Waals surface area contributed by atoms with Crippen LogP contribution in [0.2, 0.25) is 0 Å². The third-order valence-electron chi connectivity index (χ3n) is 3.70. The Morgan fingerprint density at radius 1 is 1.40 bits per heavy atom. The molecule has 2 heterocycles. The average molecular weight is 307 g/mol. The van der Waals surface area contributed by atoms with E-state index in [-0.39, 0.29) is 11.8 Å². The van der Waals surface area contributed by atoms with Gasteiger partial charge in [0.2, 0.25) is 5.91 Å². The summed E-state index contributed by atoms with van der Waals surface area (Å²) in [5.41, 5.74) is 0.136. The van der Waals surface area contributed by atoms with Crippen LogP contribution < -0.4 is 5.32 Å². The number of amides is 1. The minimum atomic E-state index is -0.890. The Morgan fingerprint density at radius 3 is 2.85 bits per heavy atom. The molecule has 106 valence electrons. The van der Waals surface area contributed by atoms with Gasteiger partial charge in [-0.05, 0) is 52.6 Å². The van der Waals surface area contributed by atoms with E-state index in [1.165, 1.54) is 0 Å². The Labute approximate surface area is 126 Å². The van der Waals surface area contributed by atoms with E-state index in [0.29, 0.717) is 13.0 Å². The summed E-state index contributed by atoms with van der Waals surface area (Å²) < 4.78 is 0. The van der Waals surface area contributed by atoms with Crippen LogP contribution in [0.25, 0.3) is 0 Å². The first-order valence-electron chi connectivity index (χ1n) is 6.72. The lowest BCUT2D eigenvalue weighted by Gasteiger charge is -2.27. The number of hydrogen-bond acceptors (Lipinski definition) is 4. The summed E-state index contributed by atoms with van der Waals surface area (Å²) in [6.45, 7) is 0.307. The summed E-state index contributed by atoms with van der Waals surface area (Å²) in [5.74, 6) is 0.252. The average Bonchev–Trinajstić information content (AvgIpc) is 2.93. The molecular weight excluding hydrogens is 290 g/mol. The molecule has 0 saturated heterocycles. The molecule has 1 amide bonds. The van der Waals surface area contributed by atoms with Gasteiger partial charge in [-0.3, -0.25) is 4.79 Å². The first kappa shape index (κ1) is 13.8. The zero-order valence-corrected chi connectivity index (χ0v) is 12.7. The van der Waals surface area contributed by atoms with Gasteiger partial charge in [-0.2, -0.15) is 11.3 Å². The molecular formula is C15H17NO2S2. The van der Waals surface area contributed by atoms with Gasteiger partial charge in [0.15, 0.2) is 0 Å². The Bertz CT molecular complexity index is 561. The van der Waals surface area contributed by atoms with E-state index in [4.69, 9.17) is 0 Å². The lowest BCUT2D eigenvalue weighted by molar-refractivity contribution is -0.122. The number of nitrogens with one attached hydrogen (secondary N) is 1. The molecule has 1 unspecified atom stereocenters. The van der Waals surface area contributed by atoms with E-state index < -0.39 is 5.60 Å². The van der Waals surface area contributed by atoms with Gasteiger partial charge in [0.05, 0.1) is 13.0 Å². The van der Waals surface area contributed by atoms with E-state index in [1.807, 2.05) is 34.3 Å². The van der Waals surface area contributed by atoms with Gasteiger partial charge in [-0.15, -0.1) is 11.3 Å². The van der Waals surface area contributed by atoms with E-state index in [9.17, 15) is 9.90 Å². The smallest absolute Gasteiger partial charge is 0.224 e. The van der Waals surface area contributed by atoms with Crippen molar-refractivity contribution in [3.8, 4) is 0 Å². The second-order valence-corrected chi connectivity index (χ2v) is 6.99. The number of hydrogen-bond donors (Lipinski definition) is 2. The molecule has 0 aromatic carbocycles. The lowest BCUT2D eigenvalue weighted by Crippen LogP contribution is -2.42. The Balaban J connectivity index is 1.62. The van der Waals surface area contributed by atoms with E-state index in [2.05, 4.69) is 5.32 Å². The fourth-order valence-electron chi connectivity index (χ4n) is 2.39. The summed E-state index contributed by atoms with van der Waals surface area (Å²) >= 11 is 3.15. The van der Waals surface area contributed by atoms with Crippen molar-refractivity contribution in [2.75, 3.05) is 6.54 Å². The van der Waals surface area contributed by atoms with Gasteiger partial charge >= 0.3 is 0 Å². The minimum Gasteiger partial charge on any atom is -0.382 e. The molecule has 1 aliphatic carbocycles. The van der Waals surface area contributed by atoms with Gasteiger partial charge in [0.25, 0.3) is 0 Å². The summed E-state index contributed by atoms with van der Waals surface area (Å²) in [6, 6.07) is 5.85. The molecule has 0 spiro atoms. The van der Waals surface area contributed by atoms with Gasteiger partial charge in [0, 0.05) is 4.88 Å². The summed E-state index contributed by atoms with van der Waals surface area (Å²) in [7, 11) is 0. The molecule has 1 atom stereocenters. The van der Waals surface area contributed by atoms with Crippen molar-refractivity contribution >= 4 is 28.6 Å². The van der Waals surface area contributed by atoms with Crippen molar-refractivity contribution in [1.82, 2.24) is 5.32 Å². The first-order chi connectivity index (χ1) is 9.68. The van der Waals surface area contributed by atoms with Crippen LogP contribution in [0.15, 0.2) is 34.3 Å². The van der Waals surface area contributed by atoms with Crippen LogP contribution >= 0.6 is 22.7 Å². The van der Waals surface area contributed by atoms with E-state index >= 15 is 0 Å². The van der Waals surface area contributed by atoms with Gasteiger partial charge < -0.3 is 10.4 Å². The van der Waals surface area contributed by atoms with Crippen LogP contribution in [0, 0.1) is 5.92 Å². The van der Waals surface area contributed by atoms with E-state index in [1.54, 1.807) is 22.7 Å². The highest BCUT2D eigenvalue weighted by Gasteiger charge is 2.45. The van der Waals surface area contributed by atoms with Crippen LogP contribution in [0.1, 0.15) is 23.3 Å². The molecule has 3 nitrogen and oxygen atoms in total. The number of rotatable bonds is 6. The van der Waals surface area contributed by atoms with Crippen LogP contribution in [0.3, 0.4) is 0 Å². The standard InChI is InChI=1S/C15H17NO2S2/c17-14(8-11-5-7-19-9-11)16-10-15(18,12-3-4-12)13-2-1-6-20-13/h1-2,5-7,9,12,18H,3-4,8,10H2,(H,16,17). The zero-order chi connectivity index (χ0) is 14.0. The molecule has 3 rings (SSSR count). The molecule has 2 N–H and O–H groups in total. The fourth-order valence-corrected chi connectivity index (χ4v) is 3.97. The van der Waals surface area contributed by atoms with Gasteiger partial charge in [-0.1, -0.05) is 6.07 Å². The van der Waals surface area contributed by atoms with Crippen molar-refractivity contribution in [2.45, 2.75) is 24.9 Å². The number of carbonyl (C=O) groups excluding carboxylic acids is 1. The predicted octanol–water partition coefficient (Wildman–Crippen LogP) is 2.77. The number of thiophene rings is 2. The summed E-state index contributed by atoms with van der Waals surface area (Å²) in [6.07, 6.45) is 2.46. The van der Waals surface area contributed by atoms with Gasteiger partial charge in [-0.25, -0.2) is 0 Å². The highest BCUT2D eigenvalue weighted by molar-refractivity contribution is 7.10. The van der Waals surface area contributed by atoms with Crippen molar-refractivity contribution < 1.29 is 9.90 Å². The molecule has 1 saturated carbocycles. The predicted molar refractivity (Wildman–Crippen MR) is 82.0 cm³/mol. The minimum absolute atomic E-state index is 0.0287. The maximum Gasteiger partial charge on any atom is 0.224 e. The molecule has 2 aromatic rings. The van der Waals surface area contributed by atoms with Crippen LogP contribution in [-0.4, -0.2) is 17.6 Å². The molecule has 1 fully saturated rings. The third-order valence-corrected chi connectivity index (χ3v) is 5.47. The Morgan fingerprint density at radius 2 is 2.25 bits per heavy atom. The summed E-state index contributed by atoms with van der Waals surface area (Å²) in [4.78, 5) is 12.9. The fraction of sp³-hybridized carbons (Fsp3) is 0.400. The van der Waals surface area contributed by atoms with Crippen molar-refractivity contribution in [3.63, 3.8) is 0 Å². The normalized spacial score (nSPS) is 17.6. The van der Waals surface area contributed by atoms with Crippen molar-refractivity contribution in [2.24, 2.45) is 5.92 Å². The summed E-state index contributed by atoms with van der Waals surface area (Å²) in [5, 5.41) is 19.7. The number of aliphatic hydroxyl groups is 1. The molecule has 20 heavy (non-hydrogen) atoms. The second kappa shape index (κ2) is 5.68. The highest BCUT2D eigenvalue weighted by Crippen LogP contribution is 2.46. The van der Waals surface area contributed by atoms with Crippen LogP contribution in [-0.2, 0) is 16.8 Å². The molecule has 0 radical (unpaired) electrons. The van der Waals surface area contributed by atoms with E-state index in [0.717, 1.165) is 23.3 Å². The zero-order valence-electron chi connectivity index (χ0n) is 11.0. The van der Waals surface area contributed by atoms with Crippen LogP contribution in [0.4, 0.5) is 0 Å². The number of carbonyl (C=O) groups is 1. The highest BCUT2D eigenvalue weighted by atomic mass is 32.1. The van der Waals surface area contributed by atoms with Crippen molar-refractivity contribution in [1.29, 1.82) is 0 Å².